The van der Waals surface area contributed by atoms with Gasteiger partial charge in [-0.15, -0.1) is 0 Å². The largest absolute Gasteiger partial charge is 0.396 e. The molecule has 104 valence electrons. The third kappa shape index (κ3) is 2.86. The molecular formula is C14H11Cl2FN2O. The minimum absolute atomic E-state index is 0.202. The number of rotatable bonds is 2. The van der Waals surface area contributed by atoms with Gasteiger partial charge in [-0.3, -0.25) is 4.79 Å². The van der Waals surface area contributed by atoms with Crippen molar-refractivity contribution in [1.82, 2.24) is 0 Å². The molecule has 0 fully saturated rings. The lowest BCUT2D eigenvalue weighted by Gasteiger charge is -2.18. The average molecular weight is 313 g/mol. The number of benzene rings is 2. The van der Waals surface area contributed by atoms with Crippen molar-refractivity contribution in [3.63, 3.8) is 0 Å². The van der Waals surface area contributed by atoms with E-state index in [1.807, 2.05) is 0 Å². The monoisotopic (exact) mass is 312 g/mol. The van der Waals surface area contributed by atoms with E-state index in [0.717, 1.165) is 0 Å². The third-order valence-electron chi connectivity index (χ3n) is 2.83. The molecule has 2 N–H and O–H groups in total. The molecule has 3 nitrogen and oxygen atoms in total. The van der Waals surface area contributed by atoms with Crippen LogP contribution in [0.2, 0.25) is 10.0 Å². The summed E-state index contributed by atoms with van der Waals surface area (Å²) >= 11 is 11.8. The number of amides is 1. The predicted octanol–water partition coefficient (Wildman–Crippen LogP) is 3.99. The minimum atomic E-state index is -0.421. The van der Waals surface area contributed by atoms with Gasteiger partial charge in [0.05, 0.1) is 15.7 Å². The molecule has 0 aliphatic heterocycles. The summed E-state index contributed by atoms with van der Waals surface area (Å²) in [5.41, 5.74) is 6.55. The van der Waals surface area contributed by atoms with Crippen molar-refractivity contribution in [2.24, 2.45) is 0 Å². The van der Waals surface area contributed by atoms with Crippen LogP contribution in [0.25, 0.3) is 0 Å². The number of carbonyl (C=O) groups is 1. The van der Waals surface area contributed by atoms with Crippen molar-refractivity contribution >= 4 is 40.5 Å². The molecule has 2 rings (SSSR count). The molecule has 2 aromatic carbocycles. The van der Waals surface area contributed by atoms with Crippen molar-refractivity contribution in [3.8, 4) is 0 Å². The normalized spacial score (nSPS) is 10.4. The fourth-order valence-electron chi connectivity index (χ4n) is 1.70. The number of nitrogen functional groups attached to an aromatic ring is 1. The highest BCUT2D eigenvalue weighted by atomic mass is 35.5. The lowest BCUT2D eigenvalue weighted by atomic mass is 10.1. The molecule has 0 aliphatic carbocycles. The van der Waals surface area contributed by atoms with E-state index in [-0.39, 0.29) is 27.2 Å². The quantitative estimate of drug-likeness (QED) is 0.852. The Morgan fingerprint density at radius 1 is 1.20 bits per heavy atom. The Hall–Kier alpha value is -1.78. The van der Waals surface area contributed by atoms with Crippen LogP contribution in [-0.4, -0.2) is 13.0 Å². The van der Waals surface area contributed by atoms with Crippen LogP contribution in [0.4, 0.5) is 15.8 Å². The summed E-state index contributed by atoms with van der Waals surface area (Å²) in [6.45, 7) is 0. The maximum atomic E-state index is 13.2. The van der Waals surface area contributed by atoms with E-state index >= 15 is 0 Å². The van der Waals surface area contributed by atoms with Crippen LogP contribution in [0.1, 0.15) is 10.4 Å². The fraction of sp³-hybridized carbons (Fsp3) is 0.0714. The second-order valence-corrected chi connectivity index (χ2v) is 5.01. The number of hydrogen-bond acceptors (Lipinski definition) is 2. The molecule has 0 saturated carbocycles. The molecule has 2 aromatic rings. The first-order chi connectivity index (χ1) is 9.40. The number of nitrogens with zero attached hydrogens (tertiary/aromatic N) is 1. The topological polar surface area (TPSA) is 46.3 Å². The zero-order valence-electron chi connectivity index (χ0n) is 10.5. The summed E-state index contributed by atoms with van der Waals surface area (Å²) in [5, 5.41) is 0.405. The first kappa shape index (κ1) is 14.6. The standard InChI is InChI=1S/C14H11Cl2FN2O/c1-19(10-4-2-3-9(17)7-10)14(20)8-5-11(15)13(18)12(16)6-8/h2-7H,18H2,1H3. The number of hydrogen-bond donors (Lipinski definition) is 1. The lowest BCUT2D eigenvalue weighted by molar-refractivity contribution is 0.0993. The highest BCUT2D eigenvalue weighted by molar-refractivity contribution is 6.39. The minimum Gasteiger partial charge on any atom is -0.396 e. The van der Waals surface area contributed by atoms with Crippen LogP contribution in [0.5, 0.6) is 0 Å². The van der Waals surface area contributed by atoms with Gasteiger partial charge in [0.1, 0.15) is 5.82 Å². The highest BCUT2D eigenvalue weighted by Crippen LogP contribution is 2.29. The Morgan fingerprint density at radius 2 is 1.80 bits per heavy atom. The molecule has 0 aromatic heterocycles. The van der Waals surface area contributed by atoms with Gasteiger partial charge in [-0.1, -0.05) is 29.3 Å². The number of halogens is 3. The second kappa shape index (κ2) is 5.69. The molecule has 0 heterocycles. The summed E-state index contributed by atoms with van der Waals surface area (Å²) in [6, 6.07) is 8.58. The van der Waals surface area contributed by atoms with Gasteiger partial charge in [0.2, 0.25) is 0 Å². The fourth-order valence-corrected chi connectivity index (χ4v) is 2.19. The van der Waals surface area contributed by atoms with Crippen LogP contribution < -0.4 is 10.6 Å². The molecule has 0 radical (unpaired) electrons. The van der Waals surface area contributed by atoms with E-state index in [2.05, 4.69) is 0 Å². The van der Waals surface area contributed by atoms with E-state index in [1.165, 1.54) is 42.3 Å². The van der Waals surface area contributed by atoms with Crippen LogP contribution in [0.15, 0.2) is 36.4 Å². The van der Waals surface area contributed by atoms with Gasteiger partial charge in [0.15, 0.2) is 0 Å². The molecule has 0 atom stereocenters. The maximum absolute atomic E-state index is 13.2. The average Bonchev–Trinajstić information content (AvgIpc) is 2.42. The van der Waals surface area contributed by atoms with Gasteiger partial charge in [0.25, 0.3) is 5.91 Å². The van der Waals surface area contributed by atoms with Gasteiger partial charge in [-0.05, 0) is 30.3 Å². The van der Waals surface area contributed by atoms with E-state index in [1.54, 1.807) is 6.07 Å². The molecule has 6 heteroatoms. The van der Waals surface area contributed by atoms with Gasteiger partial charge in [0, 0.05) is 18.3 Å². The smallest absolute Gasteiger partial charge is 0.258 e. The number of nitrogens with two attached hydrogens (primary N) is 1. The third-order valence-corrected chi connectivity index (χ3v) is 3.45. The molecule has 20 heavy (non-hydrogen) atoms. The van der Waals surface area contributed by atoms with Crippen LogP contribution in [0, 0.1) is 5.82 Å². The Labute approximate surface area is 125 Å². The summed E-state index contributed by atoms with van der Waals surface area (Å²) in [7, 11) is 1.54. The summed E-state index contributed by atoms with van der Waals surface area (Å²) in [4.78, 5) is 13.6. The second-order valence-electron chi connectivity index (χ2n) is 4.20. The van der Waals surface area contributed by atoms with E-state index in [4.69, 9.17) is 28.9 Å². The van der Waals surface area contributed by atoms with E-state index in [0.29, 0.717) is 5.69 Å². The van der Waals surface area contributed by atoms with E-state index < -0.39 is 5.82 Å². The number of anilines is 2. The van der Waals surface area contributed by atoms with Crippen LogP contribution in [-0.2, 0) is 0 Å². The lowest BCUT2D eigenvalue weighted by Crippen LogP contribution is -2.26. The summed E-state index contributed by atoms with van der Waals surface area (Å²) < 4.78 is 13.2. The van der Waals surface area contributed by atoms with Crippen molar-refractivity contribution in [3.05, 3.63) is 57.8 Å². The zero-order chi connectivity index (χ0) is 14.9. The van der Waals surface area contributed by atoms with Crippen molar-refractivity contribution < 1.29 is 9.18 Å². The zero-order valence-corrected chi connectivity index (χ0v) is 12.0. The summed E-state index contributed by atoms with van der Waals surface area (Å²) in [6.07, 6.45) is 0. The van der Waals surface area contributed by atoms with Crippen LogP contribution >= 0.6 is 23.2 Å². The van der Waals surface area contributed by atoms with Crippen molar-refractivity contribution in [2.45, 2.75) is 0 Å². The molecular weight excluding hydrogens is 302 g/mol. The first-order valence-corrected chi connectivity index (χ1v) is 6.44. The number of carbonyl (C=O) groups excluding carboxylic acids is 1. The molecule has 0 bridgehead atoms. The van der Waals surface area contributed by atoms with Gasteiger partial charge in [-0.25, -0.2) is 4.39 Å². The Kier molecular flexibility index (Phi) is 4.16. The summed E-state index contributed by atoms with van der Waals surface area (Å²) in [5.74, 6) is -0.782. The molecule has 0 aliphatic rings. The maximum Gasteiger partial charge on any atom is 0.258 e. The van der Waals surface area contributed by atoms with Gasteiger partial charge in [-0.2, -0.15) is 0 Å². The molecule has 0 spiro atoms. The van der Waals surface area contributed by atoms with Crippen molar-refractivity contribution in [2.75, 3.05) is 17.7 Å². The SMILES string of the molecule is CN(C(=O)c1cc(Cl)c(N)c(Cl)c1)c1cccc(F)c1. The van der Waals surface area contributed by atoms with Crippen LogP contribution in [0.3, 0.4) is 0 Å². The Morgan fingerprint density at radius 3 is 2.35 bits per heavy atom. The first-order valence-electron chi connectivity index (χ1n) is 5.68. The highest BCUT2D eigenvalue weighted by Gasteiger charge is 2.16. The molecule has 1 amide bonds. The Bertz CT molecular complexity index is 653. The molecule has 0 unspecified atom stereocenters. The Balaban J connectivity index is 2.36. The van der Waals surface area contributed by atoms with E-state index in [9.17, 15) is 9.18 Å². The van der Waals surface area contributed by atoms with Crippen molar-refractivity contribution in [1.29, 1.82) is 0 Å². The van der Waals surface area contributed by atoms with Gasteiger partial charge >= 0.3 is 0 Å². The molecule has 0 saturated heterocycles. The van der Waals surface area contributed by atoms with Gasteiger partial charge < -0.3 is 10.6 Å². The predicted molar refractivity (Wildman–Crippen MR) is 80.0 cm³/mol.